The minimum atomic E-state index is 0.387. The van der Waals surface area contributed by atoms with Crippen LogP contribution in [0.2, 0.25) is 0 Å². The lowest BCUT2D eigenvalue weighted by molar-refractivity contribution is 0.852. The number of thiocarbonyl (C=S) groups is 1. The van der Waals surface area contributed by atoms with Crippen LogP contribution >= 0.6 is 12.2 Å². The summed E-state index contributed by atoms with van der Waals surface area (Å²) in [5.74, 6) is 11.9. The molecule has 0 aromatic carbocycles. The molecular formula is C12H14N6S. The quantitative estimate of drug-likeness (QED) is 0.355. The summed E-state index contributed by atoms with van der Waals surface area (Å²) in [5.41, 5.74) is 3.92. The summed E-state index contributed by atoms with van der Waals surface area (Å²) >= 11 is 5.04. The number of nitrogens with two attached hydrogens (primary N) is 1. The van der Waals surface area contributed by atoms with Crippen molar-refractivity contribution < 1.29 is 0 Å². The highest BCUT2D eigenvalue weighted by Gasteiger charge is 2.05. The van der Waals surface area contributed by atoms with Crippen molar-refractivity contribution in [3.05, 3.63) is 24.0 Å². The molecule has 2 rings (SSSR count). The second kappa shape index (κ2) is 5.75. The molecule has 19 heavy (non-hydrogen) atoms. The van der Waals surface area contributed by atoms with E-state index in [4.69, 9.17) is 18.1 Å². The highest BCUT2D eigenvalue weighted by atomic mass is 32.1. The van der Waals surface area contributed by atoms with E-state index in [9.17, 15) is 0 Å². The molecule has 2 aromatic rings. The van der Waals surface area contributed by atoms with Crippen LogP contribution in [0.15, 0.2) is 18.5 Å². The Labute approximate surface area is 116 Å². The number of rotatable bonds is 3. The molecule has 3 N–H and O–H groups in total. The smallest absolute Gasteiger partial charge is 0.172 e. The van der Waals surface area contributed by atoms with E-state index in [-0.39, 0.29) is 0 Å². The zero-order valence-corrected chi connectivity index (χ0v) is 11.5. The molecule has 7 heteroatoms. The number of nitrogens with one attached hydrogen (secondary N) is 1. The highest BCUT2D eigenvalue weighted by molar-refractivity contribution is 7.81. The molecule has 0 spiro atoms. The number of nitrogens with zero attached hydrogens (tertiary/aromatic N) is 4. The zero-order valence-electron chi connectivity index (χ0n) is 10.7. The normalized spacial score (nSPS) is 10.1. The molecule has 98 valence electrons. The third-order valence-corrected chi connectivity index (χ3v) is 2.66. The van der Waals surface area contributed by atoms with Crippen LogP contribution in [0.25, 0.3) is 5.65 Å². The fourth-order valence-electron chi connectivity index (χ4n) is 1.47. The molecule has 2 heterocycles. The molecule has 0 saturated heterocycles. The van der Waals surface area contributed by atoms with Crippen molar-refractivity contribution in [2.45, 2.75) is 0 Å². The van der Waals surface area contributed by atoms with E-state index in [1.165, 1.54) is 0 Å². The molecule has 0 aliphatic carbocycles. The van der Waals surface area contributed by atoms with Gasteiger partial charge >= 0.3 is 0 Å². The Bertz CT molecular complexity index is 664. The van der Waals surface area contributed by atoms with Gasteiger partial charge in [0, 0.05) is 20.3 Å². The van der Waals surface area contributed by atoms with Crippen molar-refractivity contribution in [1.82, 2.24) is 20.0 Å². The first-order valence-corrected chi connectivity index (χ1v) is 6.02. The van der Waals surface area contributed by atoms with Crippen LogP contribution in [0.5, 0.6) is 0 Å². The van der Waals surface area contributed by atoms with Crippen LogP contribution in [0.1, 0.15) is 5.56 Å². The van der Waals surface area contributed by atoms with Crippen LogP contribution in [-0.4, -0.2) is 40.1 Å². The van der Waals surface area contributed by atoms with E-state index < -0.39 is 0 Å². The third-order valence-electron chi connectivity index (χ3n) is 2.41. The largest absolute Gasteiger partial charge is 0.363 e. The molecule has 0 aliphatic rings. The first-order valence-electron chi connectivity index (χ1n) is 5.62. The fourth-order valence-corrected chi connectivity index (χ4v) is 1.60. The number of fused-ring (bicyclic) bond motifs is 1. The van der Waals surface area contributed by atoms with Gasteiger partial charge in [0.2, 0.25) is 0 Å². The summed E-state index contributed by atoms with van der Waals surface area (Å²) in [6.45, 7) is 0.387. The predicted octanol–water partition coefficient (Wildman–Crippen LogP) is -0.0200. The van der Waals surface area contributed by atoms with Gasteiger partial charge in [-0.2, -0.15) is 5.10 Å². The molecule has 0 radical (unpaired) electrons. The summed E-state index contributed by atoms with van der Waals surface area (Å²) in [6.07, 6.45) is 3.52. The molecule has 0 fully saturated rings. The minimum absolute atomic E-state index is 0.387. The molecule has 6 nitrogen and oxygen atoms in total. The molecular weight excluding hydrogens is 260 g/mol. The SMILES string of the molecule is CN(C)c1ccn2ncc(C#CC(=S)CNN)c2n1. The van der Waals surface area contributed by atoms with Crippen molar-refractivity contribution >= 4 is 28.5 Å². The maximum Gasteiger partial charge on any atom is 0.172 e. The Hall–Kier alpha value is -2.01. The van der Waals surface area contributed by atoms with Gasteiger partial charge in [-0.05, 0) is 6.07 Å². The topological polar surface area (TPSA) is 71.5 Å². The van der Waals surface area contributed by atoms with Gasteiger partial charge in [-0.1, -0.05) is 24.1 Å². The second-order valence-electron chi connectivity index (χ2n) is 4.06. The zero-order chi connectivity index (χ0) is 13.8. The second-order valence-corrected chi connectivity index (χ2v) is 4.55. The van der Waals surface area contributed by atoms with Crippen LogP contribution in [-0.2, 0) is 0 Å². The molecule has 2 aromatic heterocycles. The van der Waals surface area contributed by atoms with E-state index in [2.05, 4.69) is 27.3 Å². The number of hydrazine groups is 1. The standard InChI is InChI=1S/C12H14N6S/c1-17(2)11-5-6-18-12(16-11)9(7-15-18)3-4-10(19)8-14-13/h5-7,14H,8,13H2,1-2H3. The summed E-state index contributed by atoms with van der Waals surface area (Å²) < 4.78 is 1.68. The molecule has 0 aliphatic heterocycles. The van der Waals surface area contributed by atoms with E-state index in [1.807, 2.05) is 31.3 Å². The Morgan fingerprint density at radius 2 is 2.37 bits per heavy atom. The first kappa shape index (κ1) is 13.4. The van der Waals surface area contributed by atoms with Gasteiger partial charge in [0.25, 0.3) is 0 Å². The third kappa shape index (κ3) is 3.06. The van der Waals surface area contributed by atoms with Gasteiger partial charge in [-0.3, -0.25) is 11.3 Å². The number of aromatic nitrogens is 3. The molecule has 0 unspecified atom stereocenters. The monoisotopic (exact) mass is 274 g/mol. The van der Waals surface area contributed by atoms with E-state index >= 15 is 0 Å². The van der Waals surface area contributed by atoms with Crippen LogP contribution in [0.3, 0.4) is 0 Å². The van der Waals surface area contributed by atoms with Crippen molar-refractivity contribution in [3.8, 4) is 11.8 Å². The van der Waals surface area contributed by atoms with Gasteiger partial charge in [0.15, 0.2) is 5.65 Å². The lowest BCUT2D eigenvalue weighted by Crippen LogP contribution is -2.27. The van der Waals surface area contributed by atoms with E-state index in [0.717, 1.165) is 11.4 Å². The molecule has 0 amide bonds. The Kier molecular flexibility index (Phi) is 4.06. The Morgan fingerprint density at radius 3 is 3.05 bits per heavy atom. The maximum absolute atomic E-state index is 5.18. The summed E-state index contributed by atoms with van der Waals surface area (Å²) in [7, 11) is 3.87. The van der Waals surface area contributed by atoms with Crippen molar-refractivity contribution in [2.24, 2.45) is 5.84 Å². The van der Waals surface area contributed by atoms with Crippen LogP contribution in [0, 0.1) is 11.8 Å². The predicted molar refractivity (Wildman–Crippen MR) is 79.0 cm³/mol. The Balaban J connectivity index is 2.38. The molecule has 0 atom stereocenters. The number of anilines is 1. The van der Waals surface area contributed by atoms with E-state index in [1.54, 1.807) is 10.7 Å². The van der Waals surface area contributed by atoms with E-state index in [0.29, 0.717) is 17.1 Å². The lowest BCUT2D eigenvalue weighted by atomic mass is 10.3. The van der Waals surface area contributed by atoms with Crippen LogP contribution < -0.4 is 16.2 Å². The Morgan fingerprint density at radius 1 is 1.58 bits per heavy atom. The summed E-state index contributed by atoms with van der Waals surface area (Å²) in [5, 5.41) is 4.19. The summed E-state index contributed by atoms with van der Waals surface area (Å²) in [4.78, 5) is 6.97. The maximum atomic E-state index is 5.18. The number of hydrogen-bond donors (Lipinski definition) is 2. The molecule has 0 saturated carbocycles. The van der Waals surface area contributed by atoms with Crippen molar-refractivity contribution in [3.63, 3.8) is 0 Å². The van der Waals surface area contributed by atoms with Gasteiger partial charge in [0.05, 0.1) is 23.2 Å². The van der Waals surface area contributed by atoms with Gasteiger partial charge in [-0.25, -0.2) is 9.50 Å². The minimum Gasteiger partial charge on any atom is -0.363 e. The highest BCUT2D eigenvalue weighted by Crippen LogP contribution is 2.12. The lowest BCUT2D eigenvalue weighted by Gasteiger charge is -2.10. The van der Waals surface area contributed by atoms with Crippen molar-refractivity contribution in [1.29, 1.82) is 0 Å². The van der Waals surface area contributed by atoms with Gasteiger partial charge < -0.3 is 4.90 Å². The number of hydrogen-bond acceptors (Lipinski definition) is 6. The van der Waals surface area contributed by atoms with Crippen molar-refractivity contribution in [2.75, 3.05) is 25.5 Å². The van der Waals surface area contributed by atoms with Gasteiger partial charge in [0.1, 0.15) is 5.82 Å². The first-order chi connectivity index (χ1) is 9.11. The average Bonchev–Trinajstić information content (AvgIpc) is 2.79. The molecule has 0 bridgehead atoms. The fraction of sp³-hybridized carbons (Fsp3) is 0.250. The van der Waals surface area contributed by atoms with Crippen LogP contribution in [0.4, 0.5) is 5.82 Å². The summed E-state index contributed by atoms with van der Waals surface area (Å²) in [6, 6.07) is 1.89. The van der Waals surface area contributed by atoms with Gasteiger partial charge in [-0.15, -0.1) is 0 Å². The average molecular weight is 274 g/mol.